The van der Waals surface area contributed by atoms with Crippen LogP contribution in [0.5, 0.6) is 0 Å². The predicted octanol–water partition coefficient (Wildman–Crippen LogP) is 4.35. The molecule has 0 saturated heterocycles. The first-order valence-electron chi connectivity index (χ1n) is 7.55. The molecule has 1 aromatic rings. The van der Waals surface area contributed by atoms with Crippen LogP contribution >= 0.6 is 0 Å². The standard InChI is InChI=1S/C17H27N/c1-14(16-9-5-3-6-10-16)13-18-15(2)17-11-7-4-8-12-17/h3,5-6,9-10,14-15,17-18H,4,7-8,11-13H2,1-2H3/t14?,15-/m0/s1. The van der Waals surface area contributed by atoms with E-state index in [1.54, 1.807) is 0 Å². The Morgan fingerprint density at radius 3 is 2.39 bits per heavy atom. The van der Waals surface area contributed by atoms with Crippen molar-refractivity contribution in [2.45, 2.75) is 57.9 Å². The Balaban J connectivity index is 1.76. The summed E-state index contributed by atoms with van der Waals surface area (Å²) in [6.45, 7) is 5.78. The zero-order valence-electron chi connectivity index (χ0n) is 11.9. The second-order valence-corrected chi connectivity index (χ2v) is 5.91. The van der Waals surface area contributed by atoms with Crippen LogP contribution in [0.1, 0.15) is 57.4 Å². The minimum absolute atomic E-state index is 0.609. The van der Waals surface area contributed by atoms with Crippen LogP contribution in [0, 0.1) is 5.92 Å². The van der Waals surface area contributed by atoms with E-state index in [2.05, 4.69) is 49.5 Å². The van der Waals surface area contributed by atoms with Gasteiger partial charge in [-0.3, -0.25) is 0 Å². The molecule has 1 aliphatic rings. The van der Waals surface area contributed by atoms with E-state index in [4.69, 9.17) is 0 Å². The van der Waals surface area contributed by atoms with Gasteiger partial charge in [-0.2, -0.15) is 0 Å². The molecule has 0 radical (unpaired) electrons. The first kappa shape index (κ1) is 13.6. The van der Waals surface area contributed by atoms with Crippen molar-refractivity contribution >= 4 is 0 Å². The summed E-state index contributed by atoms with van der Waals surface area (Å²) in [5.41, 5.74) is 1.45. The SMILES string of the molecule is CC(CN[C@@H](C)C1CCCCC1)c1ccccc1. The Morgan fingerprint density at radius 2 is 1.72 bits per heavy atom. The lowest BCUT2D eigenvalue weighted by atomic mass is 9.84. The number of hydrogen-bond donors (Lipinski definition) is 1. The van der Waals surface area contributed by atoms with Gasteiger partial charge in [0, 0.05) is 12.6 Å². The van der Waals surface area contributed by atoms with Gasteiger partial charge in [0.2, 0.25) is 0 Å². The van der Waals surface area contributed by atoms with E-state index in [1.807, 2.05) is 0 Å². The maximum Gasteiger partial charge on any atom is 0.00672 e. The quantitative estimate of drug-likeness (QED) is 0.813. The Labute approximate surface area is 112 Å². The molecule has 1 N–H and O–H groups in total. The predicted molar refractivity (Wildman–Crippen MR) is 78.9 cm³/mol. The highest BCUT2D eigenvalue weighted by Gasteiger charge is 2.20. The number of benzene rings is 1. The lowest BCUT2D eigenvalue weighted by molar-refractivity contribution is 0.279. The zero-order chi connectivity index (χ0) is 12.8. The van der Waals surface area contributed by atoms with E-state index in [9.17, 15) is 0 Å². The lowest BCUT2D eigenvalue weighted by Crippen LogP contribution is -2.36. The van der Waals surface area contributed by atoms with Crippen molar-refractivity contribution in [1.29, 1.82) is 0 Å². The molecule has 1 aliphatic carbocycles. The number of hydrogen-bond acceptors (Lipinski definition) is 1. The van der Waals surface area contributed by atoms with Crippen LogP contribution in [0.2, 0.25) is 0 Å². The molecule has 1 unspecified atom stereocenters. The third-order valence-corrected chi connectivity index (χ3v) is 4.47. The Morgan fingerprint density at radius 1 is 1.06 bits per heavy atom. The Kier molecular flexibility index (Phi) is 5.25. The van der Waals surface area contributed by atoms with Gasteiger partial charge in [0.15, 0.2) is 0 Å². The highest BCUT2D eigenvalue weighted by atomic mass is 14.9. The van der Waals surface area contributed by atoms with Crippen LogP contribution in [-0.4, -0.2) is 12.6 Å². The molecule has 2 atom stereocenters. The van der Waals surface area contributed by atoms with Crippen molar-refractivity contribution in [3.63, 3.8) is 0 Å². The van der Waals surface area contributed by atoms with Crippen LogP contribution in [0.25, 0.3) is 0 Å². The van der Waals surface area contributed by atoms with Gasteiger partial charge in [0.1, 0.15) is 0 Å². The minimum Gasteiger partial charge on any atom is -0.313 e. The summed E-state index contributed by atoms with van der Waals surface area (Å²) in [6, 6.07) is 11.5. The number of rotatable bonds is 5. The molecule has 1 heteroatoms. The first-order chi connectivity index (χ1) is 8.77. The molecule has 0 heterocycles. The highest BCUT2D eigenvalue weighted by molar-refractivity contribution is 5.18. The lowest BCUT2D eigenvalue weighted by Gasteiger charge is -2.29. The van der Waals surface area contributed by atoms with Crippen LogP contribution in [0.15, 0.2) is 30.3 Å². The first-order valence-corrected chi connectivity index (χ1v) is 7.55. The van der Waals surface area contributed by atoms with E-state index in [0.717, 1.165) is 12.5 Å². The molecule has 1 aromatic carbocycles. The summed E-state index contributed by atoms with van der Waals surface area (Å²) in [4.78, 5) is 0. The molecular formula is C17H27N. The summed E-state index contributed by atoms with van der Waals surface area (Å²) >= 11 is 0. The average Bonchev–Trinajstić information content (AvgIpc) is 2.46. The third-order valence-electron chi connectivity index (χ3n) is 4.47. The fourth-order valence-electron chi connectivity index (χ4n) is 3.06. The van der Waals surface area contributed by atoms with E-state index in [-0.39, 0.29) is 0 Å². The van der Waals surface area contributed by atoms with Crippen molar-refractivity contribution in [3.05, 3.63) is 35.9 Å². The van der Waals surface area contributed by atoms with E-state index in [1.165, 1.54) is 37.7 Å². The topological polar surface area (TPSA) is 12.0 Å². The number of nitrogens with one attached hydrogen (secondary N) is 1. The van der Waals surface area contributed by atoms with Crippen LogP contribution in [0.3, 0.4) is 0 Å². The molecular weight excluding hydrogens is 218 g/mol. The molecule has 0 bridgehead atoms. The maximum atomic E-state index is 3.75. The zero-order valence-corrected chi connectivity index (χ0v) is 11.9. The van der Waals surface area contributed by atoms with E-state index >= 15 is 0 Å². The van der Waals surface area contributed by atoms with Gasteiger partial charge in [0.05, 0.1) is 0 Å². The van der Waals surface area contributed by atoms with Crippen molar-refractivity contribution in [2.24, 2.45) is 5.92 Å². The smallest absolute Gasteiger partial charge is 0.00672 e. The monoisotopic (exact) mass is 245 g/mol. The summed E-state index contributed by atoms with van der Waals surface area (Å²) < 4.78 is 0. The molecule has 0 aliphatic heterocycles. The fourth-order valence-corrected chi connectivity index (χ4v) is 3.06. The van der Waals surface area contributed by atoms with Crippen molar-refractivity contribution in [3.8, 4) is 0 Å². The van der Waals surface area contributed by atoms with Gasteiger partial charge in [-0.1, -0.05) is 56.5 Å². The molecule has 1 saturated carbocycles. The van der Waals surface area contributed by atoms with Gasteiger partial charge in [0.25, 0.3) is 0 Å². The van der Waals surface area contributed by atoms with Crippen LogP contribution < -0.4 is 5.32 Å². The van der Waals surface area contributed by atoms with Gasteiger partial charge in [-0.15, -0.1) is 0 Å². The molecule has 0 amide bonds. The van der Waals surface area contributed by atoms with E-state index in [0.29, 0.717) is 12.0 Å². The second kappa shape index (κ2) is 6.94. The maximum absolute atomic E-state index is 3.75. The molecule has 2 rings (SSSR count). The molecule has 100 valence electrons. The summed E-state index contributed by atoms with van der Waals surface area (Å²) in [5, 5.41) is 3.75. The largest absolute Gasteiger partial charge is 0.313 e. The van der Waals surface area contributed by atoms with Gasteiger partial charge in [-0.05, 0) is 37.2 Å². The molecule has 0 spiro atoms. The molecule has 1 fully saturated rings. The van der Waals surface area contributed by atoms with Gasteiger partial charge < -0.3 is 5.32 Å². The second-order valence-electron chi connectivity index (χ2n) is 5.91. The summed E-state index contributed by atoms with van der Waals surface area (Å²) in [7, 11) is 0. The molecule has 0 aromatic heterocycles. The fraction of sp³-hybridized carbons (Fsp3) is 0.647. The molecule has 1 nitrogen and oxygen atoms in total. The molecule has 18 heavy (non-hydrogen) atoms. The highest BCUT2D eigenvalue weighted by Crippen LogP contribution is 2.26. The van der Waals surface area contributed by atoms with Gasteiger partial charge >= 0.3 is 0 Å². The Bertz CT molecular complexity index is 327. The average molecular weight is 245 g/mol. The minimum atomic E-state index is 0.609. The van der Waals surface area contributed by atoms with Crippen molar-refractivity contribution in [1.82, 2.24) is 5.32 Å². The van der Waals surface area contributed by atoms with Crippen LogP contribution in [0.4, 0.5) is 0 Å². The summed E-state index contributed by atoms with van der Waals surface area (Å²) in [6.07, 6.45) is 7.17. The van der Waals surface area contributed by atoms with Crippen molar-refractivity contribution in [2.75, 3.05) is 6.54 Å². The van der Waals surface area contributed by atoms with E-state index < -0.39 is 0 Å². The van der Waals surface area contributed by atoms with Gasteiger partial charge in [-0.25, -0.2) is 0 Å². The third kappa shape index (κ3) is 3.84. The summed E-state index contributed by atoms with van der Waals surface area (Å²) in [5.74, 6) is 1.51. The van der Waals surface area contributed by atoms with Crippen LogP contribution in [-0.2, 0) is 0 Å². The Hall–Kier alpha value is -0.820. The van der Waals surface area contributed by atoms with Crippen molar-refractivity contribution < 1.29 is 0 Å². The normalized spacial score (nSPS) is 20.6.